The van der Waals surface area contributed by atoms with Crippen molar-refractivity contribution in [3.05, 3.63) is 236 Å². The molecule has 0 spiro atoms. The first kappa shape index (κ1) is 37.2. The van der Waals surface area contributed by atoms with Crippen LogP contribution in [0.5, 0.6) is 0 Å². The van der Waals surface area contributed by atoms with E-state index < -0.39 is 0 Å². The van der Waals surface area contributed by atoms with Gasteiger partial charge in [0.05, 0.1) is 17.9 Å². The molecule has 2 N–H and O–H groups in total. The third-order valence-corrected chi connectivity index (χ3v) is 9.98. The molecule has 1 aromatic heterocycles. The summed E-state index contributed by atoms with van der Waals surface area (Å²) in [5.74, 6) is 1.62. The number of aliphatic imine (C=N–C) groups is 2. The Morgan fingerprint density at radius 3 is 1.83 bits per heavy atom. The summed E-state index contributed by atoms with van der Waals surface area (Å²) in [5.41, 5.74) is 18.2. The molecule has 278 valence electrons. The maximum atomic E-state index is 6.71. The molecule has 0 saturated heterocycles. The smallest absolute Gasteiger partial charge is 0.160 e. The van der Waals surface area contributed by atoms with Gasteiger partial charge >= 0.3 is 0 Å². The predicted molar refractivity (Wildman–Crippen MR) is 244 cm³/mol. The number of benzene rings is 7. The highest BCUT2D eigenvalue weighted by Crippen LogP contribution is 2.34. The third-order valence-electron chi connectivity index (χ3n) is 9.98. The van der Waals surface area contributed by atoms with Gasteiger partial charge in [0.15, 0.2) is 11.7 Å². The van der Waals surface area contributed by atoms with E-state index in [4.69, 9.17) is 25.7 Å². The first-order chi connectivity index (χ1) is 28.6. The van der Waals surface area contributed by atoms with Crippen LogP contribution >= 0.6 is 0 Å². The molecule has 58 heavy (non-hydrogen) atoms. The molecule has 0 saturated carbocycles. The highest BCUT2D eigenvalue weighted by Gasteiger charge is 2.18. The van der Waals surface area contributed by atoms with Crippen LogP contribution < -0.4 is 5.73 Å². The second-order valence-electron chi connectivity index (χ2n) is 13.7. The maximum absolute atomic E-state index is 6.71. The number of aromatic nitrogens is 2. The lowest BCUT2D eigenvalue weighted by Crippen LogP contribution is -2.17. The van der Waals surface area contributed by atoms with Crippen LogP contribution in [0.1, 0.15) is 22.3 Å². The Morgan fingerprint density at radius 1 is 0.569 bits per heavy atom. The molecular formula is C53H41N5. The van der Waals surface area contributed by atoms with Gasteiger partial charge in [0.25, 0.3) is 0 Å². The average Bonchev–Trinajstić information content (AvgIpc) is 3.30. The van der Waals surface area contributed by atoms with Gasteiger partial charge in [-0.25, -0.2) is 15.0 Å². The molecule has 8 rings (SSSR count). The number of amidine groups is 2. The van der Waals surface area contributed by atoms with E-state index in [1.807, 2.05) is 78.9 Å². The number of fused-ring (bicyclic) bond motifs is 1. The van der Waals surface area contributed by atoms with Crippen molar-refractivity contribution in [3.63, 3.8) is 0 Å². The van der Waals surface area contributed by atoms with Crippen molar-refractivity contribution in [3.8, 4) is 45.0 Å². The molecule has 8 aromatic rings. The van der Waals surface area contributed by atoms with E-state index in [9.17, 15) is 0 Å². The van der Waals surface area contributed by atoms with Crippen LogP contribution in [0.2, 0.25) is 0 Å². The van der Waals surface area contributed by atoms with Crippen LogP contribution in [-0.4, -0.2) is 21.6 Å². The van der Waals surface area contributed by atoms with Crippen LogP contribution in [0.4, 0.5) is 0 Å². The zero-order valence-electron chi connectivity index (χ0n) is 32.0. The largest absolute Gasteiger partial charge is 0.383 e. The van der Waals surface area contributed by atoms with Gasteiger partial charge in [-0.15, -0.1) is 0 Å². The molecule has 7 aromatic carbocycles. The molecule has 5 heteroatoms. The van der Waals surface area contributed by atoms with E-state index >= 15 is 0 Å². The highest BCUT2D eigenvalue weighted by molar-refractivity contribution is 6.19. The molecule has 0 bridgehead atoms. The quantitative estimate of drug-likeness (QED) is 0.0813. The summed E-state index contributed by atoms with van der Waals surface area (Å²) in [4.78, 5) is 20.4. The van der Waals surface area contributed by atoms with Gasteiger partial charge in [-0.3, -0.25) is 4.99 Å². The van der Waals surface area contributed by atoms with Crippen molar-refractivity contribution < 1.29 is 0 Å². The monoisotopic (exact) mass is 747 g/mol. The zero-order valence-corrected chi connectivity index (χ0v) is 32.0. The van der Waals surface area contributed by atoms with Crippen molar-refractivity contribution in [2.24, 2.45) is 15.7 Å². The van der Waals surface area contributed by atoms with Crippen LogP contribution in [0.15, 0.2) is 223 Å². The summed E-state index contributed by atoms with van der Waals surface area (Å²) in [6.45, 7) is 8.26. The minimum atomic E-state index is 0.402. The molecule has 0 atom stereocenters. The molecule has 0 aliphatic heterocycles. The van der Waals surface area contributed by atoms with E-state index in [-0.39, 0.29) is 0 Å². The third kappa shape index (κ3) is 8.25. The van der Waals surface area contributed by atoms with Gasteiger partial charge in [-0.2, -0.15) is 0 Å². The van der Waals surface area contributed by atoms with Gasteiger partial charge in [0, 0.05) is 27.8 Å². The molecule has 0 amide bonds. The van der Waals surface area contributed by atoms with Crippen LogP contribution in [0.3, 0.4) is 0 Å². The number of nitrogens with zero attached hydrogens (tertiary/aromatic N) is 4. The fourth-order valence-electron chi connectivity index (χ4n) is 6.98. The number of hydrogen-bond donors (Lipinski definition) is 1. The van der Waals surface area contributed by atoms with Crippen molar-refractivity contribution in [2.45, 2.75) is 6.54 Å². The second-order valence-corrected chi connectivity index (χ2v) is 13.7. The Balaban J connectivity index is 1.23. The standard InChI is InChI=1S/C53H41N5/c1-3-16-38(4-2)39-25-31-45(32-26-39)52-56-48(42-20-10-6-11-21-42)35-49(57-52)43-29-27-41(28-30-43)47-34-33-40-19-14-15-24-46(40)50(47)53(55-36-37-17-8-5-9-18-37)58-51(54)44-22-12-7-13-23-44/h3-35H,1-2,36H2,(H2,54,55,58)/b38-16+. The first-order valence-electron chi connectivity index (χ1n) is 19.2. The minimum absolute atomic E-state index is 0.402. The molecule has 0 fully saturated rings. The Morgan fingerprint density at radius 2 is 1.16 bits per heavy atom. The molecule has 5 nitrogen and oxygen atoms in total. The van der Waals surface area contributed by atoms with E-state index in [1.165, 1.54) is 0 Å². The lowest BCUT2D eigenvalue weighted by Gasteiger charge is -2.15. The number of rotatable bonds is 11. The summed E-state index contributed by atoms with van der Waals surface area (Å²) in [6, 6.07) is 61.7. The van der Waals surface area contributed by atoms with Gasteiger partial charge in [-0.1, -0.05) is 207 Å². The number of hydrogen-bond acceptors (Lipinski definition) is 3. The molecule has 0 aliphatic carbocycles. The molecule has 0 aliphatic rings. The Labute approximate surface area is 339 Å². The SMILES string of the molecule is C=C/C=C(\C=C)c1ccc(-c2nc(-c3ccccc3)cc(-c3ccc(-c4ccc5ccccc5c4C(/N=C(\N)c4ccccc4)=N/Cc4ccccc4)cc3)n2)cc1. The number of nitrogens with two attached hydrogens (primary N) is 1. The van der Waals surface area contributed by atoms with Crippen molar-refractivity contribution >= 4 is 28.0 Å². The van der Waals surface area contributed by atoms with Gasteiger partial charge in [-0.05, 0) is 44.7 Å². The summed E-state index contributed by atoms with van der Waals surface area (Å²) in [5, 5.41) is 2.13. The van der Waals surface area contributed by atoms with Crippen LogP contribution in [-0.2, 0) is 6.54 Å². The van der Waals surface area contributed by atoms with E-state index in [1.54, 1.807) is 6.08 Å². The predicted octanol–water partition coefficient (Wildman–Crippen LogP) is 12.4. The Kier molecular flexibility index (Phi) is 11.1. The molecule has 0 unspecified atom stereocenters. The lowest BCUT2D eigenvalue weighted by atomic mass is 9.92. The topological polar surface area (TPSA) is 76.5 Å². The lowest BCUT2D eigenvalue weighted by molar-refractivity contribution is 1.06. The van der Waals surface area contributed by atoms with Crippen LogP contribution in [0.25, 0.3) is 61.4 Å². The zero-order chi connectivity index (χ0) is 39.7. The Bertz CT molecular complexity index is 2800. The molecule has 1 heterocycles. The highest BCUT2D eigenvalue weighted by atomic mass is 15.0. The fourth-order valence-corrected chi connectivity index (χ4v) is 6.98. The van der Waals surface area contributed by atoms with Crippen molar-refractivity contribution in [1.82, 2.24) is 9.97 Å². The Hall–Kier alpha value is -7.76. The fraction of sp³-hybridized carbons (Fsp3) is 0.0189. The van der Waals surface area contributed by atoms with E-state index in [2.05, 4.69) is 128 Å². The van der Waals surface area contributed by atoms with E-state index in [0.717, 1.165) is 77.8 Å². The van der Waals surface area contributed by atoms with Gasteiger partial charge in [0.2, 0.25) is 0 Å². The van der Waals surface area contributed by atoms with E-state index in [0.29, 0.717) is 24.0 Å². The summed E-state index contributed by atoms with van der Waals surface area (Å²) in [6.07, 6.45) is 5.55. The molecular weight excluding hydrogens is 707 g/mol. The minimum Gasteiger partial charge on any atom is -0.383 e. The average molecular weight is 748 g/mol. The van der Waals surface area contributed by atoms with Crippen molar-refractivity contribution in [2.75, 3.05) is 0 Å². The normalized spacial score (nSPS) is 12.0. The van der Waals surface area contributed by atoms with Crippen molar-refractivity contribution in [1.29, 1.82) is 0 Å². The van der Waals surface area contributed by atoms with Crippen LogP contribution in [0, 0.1) is 0 Å². The first-order valence-corrected chi connectivity index (χ1v) is 19.2. The van der Waals surface area contributed by atoms with Gasteiger partial charge in [0.1, 0.15) is 5.84 Å². The second kappa shape index (κ2) is 17.4. The summed E-state index contributed by atoms with van der Waals surface area (Å²) < 4.78 is 0. The summed E-state index contributed by atoms with van der Waals surface area (Å²) >= 11 is 0. The number of allylic oxidation sites excluding steroid dienone is 4. The molecule has 0 radical (unpaired) electrons. The van der Waals surface area contributed by atoms with Gasteiger partial charge < -0.3 is 5.73 Å². The maximum Gasteiger partial charge on any atom is 0.160 e. The summed E-state index contributed by atoms with van der Waals surface area (Å²) in [7, 11) is 0.